The van der Waals surface area contributed by atoms with Gasteiger partial charge in [0.2, 0.25) is 10.0 Å². The van der Waals surface area contributed by atoms with Crippen LogP contribution in [0.5, 0.6) is 0 Å². The fourth-order valence-electron chi connectivity index (χ4n) is 2.53. The highest BCUT2D eigenvalue weighted by Crippen LogP contribution is 2.20. The Morgan fingerprint density at radius 3 is 2.75 bits per heavy atom. The first-order chi connectivity index (χ1) is 11.5. The highest BCUT2D eigenvalue weighted by Gasteiger charge is 2.22. The van der Waals surface area contributed by atoms with Crippen molar-refractivity contribution in [3.05, 3.63) is 71.9 Å². The molecule has 0 amide bonds. The smallest absolute Gasteiger partial charge is 0.240 e. The lowest BCUT2D eigenvalue weighted by molar-refractivity contribution is 0.402. The summed E-state index contributed by atoms with van der Waals surface area (Å²) < 4.78 is 35.1. The van der Waals surface area contributed by atoms with Gasteiger partial charge in [0.15, 0.2) is 0 Å². The molecule has 2 heterocycles. The van der Waals surface area contributed by atoms with E-state index in [0.717, 1.165) is 5.56 Å². The van der Waals surface area contributed by atoms with Crippen LogP contribution in [0, 0.1) is 13.8 Å². The van der Waals surface area contributed by atoms with Gasteiger partial charge in [-0.3, -0.25) is 4.68 Å². The molecule has 1 aromatic carbocycles. The molecule has 0 aliphatic heterocycles. The third kappa shape index (κ3) is 3.42. The van der Waals surface area contributed by atoms with Crippen molar-refractivity contribution in [3.63, 3.8) is 0 Å². The minimum Gasteiger partial charge on any atom is -0.467 e. The van der Waals surface area contributed by atoms with Crippen molar-refractivity contribution >= 4 is 10.0 Å². The Hall–Kier alpha value is -2.38. The van der Waals surface area contributed by atoms with Crippen LogP contribution in [0.3, 0.4) is 0 Å². The van der Waals surface area contributed by atoms with Crippen LogP contribution in [0.15, 0.2) is 64.4 Å². The fraction of sp³-hybridized carbons (Fsp3) is 0.235. The molecule has 2 aromatic heterocycles. The van der Waals surface area contributed by atoms with E-state index in [4.69, 9.17) is 4.42 Å². The molecule has 0 aliphatic carbocycles. The maximum absolute atomic E-state index is 12.7. The second kappa shape index (κ2) is 6.62. The molecule has 0 aliphatic rings. The largest absolute Gasteiger partial charge is 0.467 e. The zero-order chi connectivity index (χ0) is 17.2. The van der Waals surface area contributed by atoms with Crippen LogP contribution >= 0.6 is 0 Å². The molecule has 6 nitrogen and oxygen atoms in total. The first-order valence-corrected chi connectivity index (χ1v) is 9.05. The summed E-state index contributed by atoms with van der Waals surface area (Å²) in [6.07, 6.45) is 4.99. The van der Waals surface area contributed by atoms with Crippen molar-refractivity contribution in [2.75, 3.05) is 6.54 Å². The Bertz CT molecular complexity index is 866. The van der Waals surface area contributed by atoms with E-state index in [-0.39, 0.29) is 12.6 Å². The molecule has 0 saturated carbocycles. The van der Waals surface area contributed by atoms with E-state index in [1.165, 1.54) is 0 Å². The molecule has 1 unspecified atom stereocenters. The SMILES string of the molecule is Cc1ccc(C)c(S(=O)(=O)NCC(c2ccco2)n2cccn2)c1. The van der Waals surface area contributed by atoms with Gasteiger partial charge in [0, 0.05) is 18.9 Å². The van der Waals surface area contributed by atoms with Crippen LogP contribution in [-0.4, -0.2) is 24.7 Å². The minimum atomic E-state index is -3.62. The van der Waals surface area contributed by atoms with Gasteiger partial charge in [0.25, 0.3) is 0 Å². The summed E-state index contributed by atoms with van der Waals surface area (Å²) in [5, 5.41) is 4.20. The average Bonchev–Trinajstić information content (AvgIpc) is 3.23. The molecule has 3 rings (SSSR count). The topological polar surface area (TPSA) is 77.1 Å². The minimum absolute atomic E-state index is 0.144. The summed E-state index contributed by atoms with van der Waals surface area (Å²) in [5.74, 6) is 0.641. The van der Waals surface area contributed by atoms with E-state index in [2.05, 4.69) is 9.82 Å². The van der Waals surface area contributed by atoms with Crippen LogP contribution in [0.25, 0.3) is 0 Å². The first kappa shape index (κ1) is 16.5. The van der Waals surface area contributed by atoms with E-state index < -0.39 is 10.0 Å². The zero-order valence-electron chi connectivity index (χ0n) is 13.5. The molecule has 0 saturated heterocycles. The van der Waals surface area contributed by atoms with Crippen molar-refractivity contribution in [1.82, 2.24) is 14.5 Å². The average molecular weight is 345 g/mol. The lowest BCUT2D eigenvalue weighted by atomic mass is 10.2. The van der Waals surface area contributed by atoms with Gasteiger partial charge >= 0.3 is 0 Å². The van der Waals surface area contributed by atoms with Gasteiger partial charge in [-0.25, -0.2) is 13.1 Å². The first-order valence-electron chi connectivity index (χ1n) is 7.57. The summed E-state index contributed by atoms with van der Waals surface area (Å²) in [5.41, 5.74) is 1.61. The molecule has 0 fully saturated rings. The maximum Gasteiger partial charge on any atom is 0.240 e. The third-order valence-electron chi connectivity index (χ3n) is 3.82. The highest BCUT2D eigenvalue weighted by atomic mass is 32.2. The predicted octanol–water partition coefficient (Wildman–Crippen LogP) is 2.66. The van der Waals surface area contributed by atoms with Crippen LogP contribution in [0.2, 0.25) is 0 Å². The Kier molecular flexibility index (Phi) is 4.55. The highest BCUT2D eigenvalue weighted by molar-refractivity contribution is 7.89. The van der Waals surface area contributed by atoms with E-state index in [0.29, 0.717) is 16.2 Å². The van der Waals surface area contributed by atoms with E-state index in [9.17, 15) is 8.42 Å². The summed E-state index contributed by atoms with van der Waals surface area (Å²) in [7, 11) is -3.62. The van der Waals surface area contributed by atoms with Gasteiger partial charge in [-0.2, -0.15) is 5.10 Å². The van der Waals surface area contributed by atoms with Gasteiger partial charge in [0.1, 0.15) is 11.8 Å². The number of aromatic nitrogens is 2. The van der Waals surface area contributed by atoms with Crippen LogP contribution in [0.4, 0.5) is 0 Å². The monoisotopic (exact) mass is 345 g/mol. The molecule has 7 heteroatoms. The number of hydrogen-bond acceptors (Lipinski definition) is 4. The Balaban J connectivity index is 1.85. The molecule has 24 heavy (non-hydrogen) atoms. The lowest BCUT2D eigenvalue weighted by Crippen LogP contribution is -2.32. The van der Waals surface area contributed by atoms with Crippen molar-refractivity contribution in [3.8, 4) is 0 Å². The van der Waals surface area contributed by atoms with Crippen LogP contribution < -0.4 is 4.72 Å². The molecule has 0 spiro atoms. The summed E-state index contributed by atoms with van der Waals surface area (Å²) >= 11 is 0. The van der Waals surface area contributed by atoms with Crippen LogP contribution in [0.1, 0.15) is 22.9 Å². The molecule has 0 bridgehead atoms. The molecule has 1 atom stereocenters. The standard InChI is InChI=1S/C17H19N3O3S/c1-13-6-7-14(2)17(11-13)24(21,22)19-12-15(16-5-3-10-23-16)20-9-4-8-18-20/h3-11,15,19H,12H2,1-2H3. The maximum atomic E-state index is 12.7. The Morgan fingerprint density at radius 2 is 2.08 bits per heavy atom. The van der Waals surface area contributed by atoms with Crippen molar-refractivity contribution in [2.45, 2.75) is 24.8 Å². The van der Waals surface area contributed by atoms with E-state index in [1.54, 1.807) is 60.6 Å². The lowest BCUT2D eigenvalue weighted by Gasteiger charge is -2.17. The fourth-order valence-corrected chi connectivity index (χ4v) is 3.90. The number of benzene rings is 1. The second-order valence-corrected chi connectivity index (χ2v) is 7.37. The zero-order valence-corrected chi connectivity index (χ0v) is 14.3. The Morgan fingerprint density at radius 1 is 1.25 bits per heavy atom. The number of nitrogens with one attached hydrogen (secondary N) is 1. The molecule has 3 aromatic rings. The molecular weight excluding hydrogens is 326 g/mol. The van der Waals surface area contributed by atoms with Crippen LogP contribution in [-0.2, 0) is 10.0 Å². The van der Waals surface area contributed by atoms with E-state index >= 15 is 0 Å². The number of hydrogen-bond donors (Lipinski definition) is 1. The molecule has 126 valence electrons. The van der Waals surface area contributed by atoms with Crippen molar-refractivity contribution in [1.29, 1.82) is 0 Å². The number of sulfonamides is 1. The molecular formula is C17H19N3O3S. The number of aryl methyl sites for hydroxylation is 2. The second-order valence-electron chi connectivity index (χ2n) is 5.64. The quantitative estimate of drug-likeness (QED) is 0.745. The van der Waals surface area contributed by atoms with Gasteiger partial charge in [-0.1, -0.05) is 12.1 Å². The number of rotatable bonds is 6. The summed E-state index contributed by atoms with van der Waals surface area (Å²) in [6.45, 7) is 3.80. The van der Waals surface area contributed by atoms with Gasteiger partial charge in [-0.05, 0) is 49.2 Å². The molecule has 0 radical (unpaired) electrons. The summed E-state index contributed by atoms with van der Waals surface area (Å²) in [6, 6.07) is 10.4. The van der Waals surface area contributed by atoms with Gasteiger partial charge in [0.05, 0.1) is 11.2 Å². The third-order valence-corrected chi connectivity index (χ3v) is 5.38. The predicted molar refractivity (Wildman–Crippen MR) is 90.2 cm³/mol. The van der Waals surface area contributed by atoms with Crippen molar-refractivity contribution < 1.29 is 12.8 Å². The summed E-state index contributed by atoms with van der Waals surface area (Å²) in [4.78, 5) is 0.293. The van der Waals surface area contributed by atoms with Gasteiger partial charge in [-0.15, -0.1) is 0 Å². The normalized spacial score (nSPS) is 13.1. The van der Waals surface area contributed by atoms with E-state index in [1.807, 2.05) is 13.0 Å². The molecule has 1 N–H and O–H groups in total. The Labute approximate surface area is 141 Å². The van der Waals surface area contributed by atoms with Crippen molar-refractivity contribution in [2.24, 2.45) is 0 Å². The number of furan rings is 1. The number of nitrogens with zero attached hydrogens (tertiary/aromatic N) is 2. The van der Waals surface area contributed by atoms with Gasteiger partial charge < -0.3 is 4.42 Å².